The second kappa shape index (κ2) is 6.93. The van der Waals surface area contributed by atoms with Crippen LogP contribution in [0.2, 0.25) is 0 Å². The van der Waals surface area contributed by atoms with Gasteiger partial charge in [0.2, 0.25) is 5.91 Å². The first-order valence-electron chi connectivity index (χ1n) is 7.70. The lowest BCUT2D eigenvalue weighted by Gasteiger charge is -2.30. The van der Waals surface area contributed by atoms with Crippen molar-refractivity contribution in [2.45, 2.75) is 46.1 Å². The van der Waals surface area contributed by atoms with Crippen LogP contribution in [-0.2, 0) is 11.3 Å². The van der Waals surface area contributed by atoms with Crippen LogP contribution in [-0.4, -0.2) is 33.9 Å². The highest BCUT2D eigenvalue weighted by atomic mass is 16.3. The van der Waals surface area contributed by atoms with Crippen LogP contribution in [0, 0.1) is 25.7 Å². The molecule has 0 spiro atoms. The summed E-state index contributed by atoms with van der Waals surface area (Å²) >= 11 is 0. The maximum atomic E-state index is 12.0. The minimum absolute atomic E-state index is 0.0529. The molecular formula is C15H26N4O2. The molecule has 2 rings (SSSR count). The molecule has 1 saturated carbocycles. The molecule has 21 heavy (non-hydrogen) atoms. The summed E-state index contributed by atoms with van der Waals surface area (Å²) in [6.45, 7) is 4.75. The summed E-state index contributed by atoms with van der Waals surface area (Å²) in [5, 5.41) is 16.6. The first-order valence-corrected chi connectivity index (χ1v) is 7.70. The lowest BCUT2D eigenvalue weighted by molar-refractivity contribution is -0.122. The number of nitrogen functional groups attached to an aromatic ring is 1. The number of hydrogen-bond acceptors (Lipinski definition) is 4. The van der Waals surface area contributed by atoms with Crippen LogP contribution in [0.4, 0.5) is 5.69 Å². The molecule has 2 unspecified atom stereocenters. The van der Waals surface area contributed by atoms with E-state index in [9.17, 15) is 9.90 Å². The lowest BCUT2D eigenvalue weighted by atomic mass is 9.79. The number of nitrogens with one attached hydrogen (secondary N) is 1. The largest absolute Gasteiger partial charge is 0.396 e. The van der Waals surface area contributed by atoms with Crippen molar-refractivity contribution in [3.63, 3.8) is 0 Å². The fraction of sp³-hybridized carbons (Fsp3) is 0.733. The molecular weight excluding hydrogens is 268 g/mol. The molecule has 2 atom stereocenters. The van der Waals surface area contributed by atoms with Crippen LogP contribution in [0.15, 0.2) is 0 Å². The minimum Gasteiger partial charge on any atom is -0.396 e. The molecule has 0 bridgehead atoms. The van der Waals surface area contributed by atoms with Crippen LogP contribution in [0.25, 0.3) is 0 Å². The zero-order valence-corrected chi connectivity index (χ0v) is 12.9. The van der Waals surface area contributed by atoms with Gasteiger partial charge in [0.15, 0.2) is 0 Å². The number of anilines is 1. The quantitative estimate of drug-likeness (QED) is 0.755. The predicted molar refractivity (Wildman–Crippen MR) is 81.7 cm³/mol. The molecule has 0 radical (unpaired) electrons. The van der Waals surface area contributed by atoms with Crippen molar-refractivity contribution in [1.29, 1.82) is 0 Å². The van der Waals surface area contributed by atoms with Crippen molar-refractivity contribution < 1.29 is 9.90 Å². The standard InChI is InChI=1S/C15H26N4O2/c1-10-15(16)11(2)19(18-10)8-14(21)17-7-12-5-3-4-6-13(12)9-20/h12-13,20H,3-9,16H2,1-2H3,(H,17,21). The van der Waals surface area contributed by atoms with E-state index in [-0.39, 0.29) is 19.1 Å². The van der Waals surface area contributed by atoms with Gasteiger partial charge in [-0.3, -0.25) is 9.48 Å². The maximum Gasteiger partial charge on any atom is 0.241 e. The number of nitrogens with zero attached hydrogens (tertiary/aromatic N) is 2. The Hall–Kier alpha value is -1.56. The Morgan fingerprint density at radius 2 is 2.05 bits per heavy atom. The third-order valence-electron chi connectivity index (χ3n) is 4.59. The number of hydrogen-bond donors (Lipinski definition) is 3. The van der Waals surface area contributed by atoms with Crippen LogP contribution < -0.4 is 11.1 Å². The highest BCUT2D eigenvalue weighted by Gasteiger charge is 2.24. The van der Waals surface area contributed by atoms with Gasteiger partial charge in [0, 0.05) is 13.2 Å². The SMILES string of the molecule is Cc1nn(CC(=O)NCC2CCCCC2CO)c(C)c1N. The first kappa shape index (κ1) is 15.8. The maximum absolute atomic E-state index is 12.0. The number of aryl methyl sites for hydroxylation is 1. The van der Waals surface area contributed by atoms with Crippen LogP contribution in [0.5, 0.6) is 0 Å². The van der Waals surface area contributed by atoms with Gasteiger partial charge in [-0.05, 0) is 38.5 Å². The highest BCUT2D eigenvalue weighted by molar-refractivity contribution is 5.75. The fourth-order valence-electron chi connectivity index (χ4n) is 3.10. The molecule has 1 aromatic rings. The molecule has 0 aliphatic heterocycles. The topological polar surface area (TPSA) is 93.2 Å². The number of carbonyl (C=O) groups excluding carboxylic acids is 1. The molecule has 1 fully saturated rings. The van der Waals surface area contributed by atoms with E-state index in [4.69, 9.17) is 5.73 Å². The third kappa shape index (κ3) is 3.75. The Morgan fingerprint density at radius 3 is 2.62 bits per heavy atom. The molecule has 0 aromatic carbocycles. The van der Waals surface area contributed by atoms with Crippen LogP contribution >= 0.6 is 0 Å². The van der Waals surface area contributed by atoms with Crippen LogP contribution in [0.3, 0.4) is 0 Å². The van der Waals surface area contributed by atoms with E-state index in [1.165, 1.54) is 12.8 Å². The smallest absolute Gasteiger partial charge is 0.241 e. The highest BCUT2D eigenvalue weighted by Crippen LogP contribution is 2.29. The monoisotopic (exact) mass is 294 g/mol. The zero-order valence-electron chi connectivity index (χ0n) is 12.9. The second-order valence-electron chi connectivity index (χ2n) is 6.03. The minimum atomic E-state index is -0.0529. The van der Waals surface area contributed by atoms with Crippen molar-refractivity contribution in [3.8, 4) is 0 Å². The van der Waals surface area contributed by atoms with E-state index >= 15 is 0 Å². The van der Waals surface area contributed by atoms with Gasteiger partial charge in [-0.15, -0.1) is 0 Å². The molecule has 6 nitrogen and oxygen atoms in total. The summed E-state index contributed by atoms with van der Waals surface area (Å²) in [4.78, 5) is 12.0. The molecule has 118 valence electrons. The van der Waals surface area contributed by atoms with E-state index < -0.39 is 0 Å². The number of aliphatic hydroxyl groups excluding tert-OH is 1. The summed E-state index contributed by atoms with van der Waals surface area (Å²) in [7, 11) is 0. The summed E-state index contributed by atoms with van der Waals surface area (Å²) in [5.74, 6) is 0.657. The van der Waals surface area contributed by atoms with Gasteiger partial charge in [-0.1, -0.05) is 12.8 Å². The van der Waals surface area contributed by atoms with Crippen molar-refractivity contribution in [3.05, 3.63) is 11.4 Å². The van der Waals surface area contributed by atoms with Gasteiger partial charge in [-0.2, -0.15) is 5.10 Å². The predicted octanol–water partition coefficient (Wildman–Crippen LogP) is 0.997. The van der Waals surface area contributed by atoms with Gasteiger partial charge in [-0.25, -0.2) is 0 Å². The van der Waals surface area contributed by atoms with Crippen molar-refractivity contribution in [1.82, 2.24) is 15.1 Å². The van der Waals surface area contributed by atoms with Crippen molar-refractivity contribution >= 4 is 11.6 Å². The van der Waals surface area contributed by atoms with E-state index in [0.29, 0.717) is 24.1 Å². The van der Waals surface area contributed by atoms with E-state index in [1.54, 1.807) is 4.68 Å². The number of aromatic nitrogens is 2. The van der Waals surface area contributed by atoms with E-state index in [1.807, 2.05) is 13.8 Å². The fourth-order valence-corrected chi connectivity index (χ4v) is 3.10. The summed E-state index contributed by atoms with van der Waals surface area (Å²) < 4.78 is 1.64. The zero-order chi connectivity index (χ0) is 15.4. The summed E-state index contributed by atoms with van der Waals surface area (Å²) in [5.41, 5.74) is 8.10. The number of rotatable bonds is 5. The number of aliphatic hydroxyl groups is 1. The van der Waals surface area contributed by atoms with Gasteiger partial charge < -0.3 is 16.2 Å². The lowest BCUT2D eigenvalue weighted by Crippen LogP contribution is -2.37. The Balaban J connectivity index is 1.85. The van der Waals surface area contributed by atoms with Gasteiger partial charge >= 0.3 is 0 Å². The first-order chi connectivity index (χ1) is 10.0. The Kier molecular flexibility index (Phi) is 5.22. The molecule has 4 N–H and O–H groups in total. The average Bonchev–Trinajstić information content (AvgIpc) is 2.72. The normalized spacial score (nSPS) is 22.2. The Bertz CT molecular complexity index is 498. The molecule has 6 heteroatoms. The number of amides is 1. The average molecular weight is 294 g/mol. The Labute approximate surface area is 125 Å². The molecule has 1 aromatic heterocycles. The van der Waals surface area contributed by atoms with Gasteiger partial charge in [0.25, 0.3) is 0 Å². The van der Waals surface area contributed by atoms with E-state index in [2.05, 4.69) is 10.4 Å². The molecule has 1 heterocycles. The molecule has 1 amide bonds. The van der Waals surface area contributed by atoms with Crippen LogP contribution in [0.1, 0.15) is 37.1 Å². The van der Waals surface area contributed by atoms with E-state index in [0.717, 1.165) is 24.2 Å². The molecule has 1 aliphatic rings. The second-order valence-corrected chi connectivity index (χ2v) is 6.03. The number of carbonyl (C=O) groups is 1. The number of nitrogens with two attached hydrogens (primary N) is 1. The summed E-state index contributed by atoms with van der Waals surface area (Å²) in [6, 6.07) is 0. The van der Waals surface area contributed by atoms with Crippen molar-refractivity contribution in [2.24, 2.45) is 11.8 Å². The van der Waals surface area contributed by atoms with Crippen molar-refractivity contribution in [2.75, 3.05) is 18.9 Å². The summed E-state index contributed by atoms with van der Waals surface area (Å²) in [6.07, 6.45) is 4.51. The van der Waals surface area contributed by atoms with Gasteiger partial charge in [0.05, 0.1) is 17.1 Å². The molecule has 1 aliphatic carbocycles. The third-order valence-corrected chi connectivity index (χ3v) is 4.59. The molecule has 0 saturated heterocycles. The van der Waals surface area contributed by atoms with Gasteiger partial charge in [0.1, 0.15) is 6.54 Å². The Morgan fingerprint density at radius 1 is 1.38 bits per heavy atom.